The minimum absolute atomic E-state index is 0.0638. The minimum Gasteiger partial charge on any atom is -0.460 e. The summed E-state index contributed by atoms with van der Waals surface area (Å²) in [5.41, 5.74) is 2.57. The minimum atomic E-state index is -0.518. The number of likely N-dealkylation sites (tertiary alicyclic amines) is 2. The molecule has 4 heterocycles. The molecule has 1 N–H and O–H groups in total. The van der Waals surface area contributed by atoms with Gasteiger partial charge in [-0.05, 0) is 77.5 Å². The number of anilines is 2. The van der Waals surface area contributed by atoms with Crippen LogP contribution in [0.1, 0.15) is 88.6 Å². The SMILES string of the molecule is CC(C)c1cnn2c(Nc3cccc(C(=O)CC4CCN(C(=O)OC(C)(C)C)CC4)c3)nc(OC3CCN(C)CC3)nc12. The number of nitrogens with zero attached hydrogens (tertiary/aromatic N) is 6. The number of fused-ring (bicyclic) bond motifs is 1. The fraction of sp³-hybridized carbons (Fsp3) is 0.594. The third kappa shape index (κ3) is 7.81. The maximum absolute atomic E-state index is 13.3. The van der Waals surface area contributed by atoms with Gasteiger partial charge in [0.25, 0.3) is 0 Å². The van der Waals surface area contributed by atoms with Gasteiger partial charge in [0.2, 0.25) is 5.95 Å². The van der Waals surface area contributed by atoms with Crippen molar-refractivity contribution in [3.05, 3.63) is 41.6 Å². The lowest BCUT2D eigenvalue weighted by Gasteiger charge is -2.33. The van der Waals surface area contributed by atoms with E-state index in [1.807, 2.05) is 51.2 Å². The normalized spacial score (nSPS) is 17.4. The molecule has 1 aromatic carbocycles. The van der Waals surface area contributed by atoms with Gasteiger partial charge in [-0.25, -0.2) is 4.79 Å². The van der Waals surface area contributed by atoms with Crippen molar-refractivity contribution < 1.29 is 19.1 Å². The highest BCUT2D eigenvalue weighted by Gasteiger charge is 2.28. The van der Waals surface area contributed by atoms with Crippen molar-refractivity contribution in [2.45, 2.75) is 84.3 Å². The average Bonchev–Trinajstić information content (AvgIpc) is 3.39. The van der Waals surface area contributed by atoms with Crippen molar-refractivity contribution in [1.82, 2.24) is 29.4 Å². The van der Waals surface area contributed by atoms with Gasteiger partial charge in [-0.15, -0.1) is 0 Å². The van der Waals surface area contributed by atoms with Crippen LogP contribution in [-0.4, -0.2) is 86.2 Å². The number of carbonyl (C=O) groups is 2. The summed E-state index contributed by atoms with van der Waals surface area (Å²) < 4.78 is 13.5. The monoisotopic (exact) mass is 591 g/mol. The predicted molar refractivity (Wildman–Crippen MR) is 165 cm³/mol. The molecule has 3 aromatic rings. The van der Waals surface area contributed by atoms with Crippen LogP contribution in [0.15, 0.2) is 30.5 Å². The number of nitrogens with one attached hydrogen (secondary N) is 1. The van der Waals surface area contributed by atoms with E-state index >= 15 is 0 Å². The number of piperidine rings is 2. The van der Waals surface area contributed by atoms with Crippen LogP contribution in [-0.2, 0) is 4.74 Å². The second kappa shape index (κ2) is 12.9. The van der Waals surface area contributed by atoms with Gasteiger partial charge < -0.3 is 24.6 Å². The van der Waals surface area contributed by atoms with E-state index in [0.29, 0.717) is 42.7 Å². The lowest BCUT2D eigenvalue weighted by molar-refractivity contribution is 0.0183. The van der Waals surface area contributed by atoms with E-state index < -0.39 is 5.60 Å². The molecule has 0 bridgehead atoms. The zero-order valence-electron chi connectivity index (χ0n) is 26.3. The molecule has 0 aliphatic carbocycles. The number of rotatable bonds is 8. The molecule has 43 heavy (non-hydrogen) atoms. The molecule has 232 valence electrons. The highest BCUT2D eigenvalue weighted by atomic mass is 16.6. The summed E-state index contributed by atoms with van der Waals surface area (Å²) in [6, 6.07) is 7.82. The summed E-state index contributed by atoms with van der Waals surface area (Å²) in [6.45, 7) is 13.0. The third-order valence-corrected chi connectivity index (χ3v) is 8.12. The summed E-state index contributed by atoms with van der Waals surface area (Å²) in [5, 5.41) is 7.94. The first kappa shape index (κ1) is 30.7. The largest absolute Gasteiger partial charge is 0.460 e. The van der Waals surface area contributed by atoms with Crippen molar-refractivity contribution >= 4 is 29.2 Å². The molecular weight excluding hydrogens is 546 g/mol. The zero-order chi connectivity index (χ0) is 30.7. The number of Topliss-reactive ketones (excluding diaryl/α,β-unsaturated/α-hetero) is 1. The van der Waals surface area contributed by atoms with Gasteiger partial charge in [0, 0.05) is 49.4 Å². The van der Waals surface area contributed by atoms with Crippen LogP contribution in [0.4, 0.5) is 16.4 Å². The second-order valence-electron chi connectivity index (χ2n) is 13.2. The summed E-state index contributed by atoms with van der Waals surface area (Å²) >= 11 is 0. The number of hydrogen-bond donors (Lipinski definition) is 1. The molecule has 1 amide bonds. The van der Waals surface area contributed by atoms with Gasteiger partial charge >= 0.3 is 12.1 Å². The van der Waals surface area contributed by atoms with Crippen LogP contribution in [0.5, 0.6) is 6.01 Å². The molecule has 0 saturated carbocycles. The van der Waals surface area contributed by atoms with Gasteiger partial charge in [-0.1, -0.05) is 26.0 Å². The lowest BCUT2D eigenvalue weighted by atomic mass is 9.90. The summed E-state index contributed by atoms with van der Waals surface area (Å²) in [7, 11) is 2.12. The van der Waals surface area contributed by atoms with E-state index in [2.05, 4.69) is 36.2 Å². The molecule has 2 aliphatic heterocycles. The number of ether oxygens (including phenoxy) is 2. The number of benzene rings is 1. The average molecular weight is 592 g/mol. The number of carbonyl (C=O) groups excluding carboxylic acids is 2. The molecular formula is C32H45N7O4. The van der Waals surface area contributed by atoms with Crippen LogP contribution < -0.4 is 10.1 Å². The quantitative estimate of drug-likeness (QED) is 0.330. The summed E-state index contributed by atoms with van der Waals surface area (Å²) in [5.74, 6) is 1.02. The fourth-order valence-electron chi connectivity index (χ4n) is 5.59. The topological polar surface area (TPSA) is 114 Å². The van der Waals surface area contributed by atoms with E-state index in [1.54, 1.807) is 9.42 Å². The molecule has 0 spiro atoms. The van der Waals surface area contributed by atoms with Crippen molar-refractivity contribution in [3.63, 3.8) is 0 Å². The molecule has 0 unspecified atom stereocenters. The summed E-state index contributed by atoms with van der Waals surface area (Å²) in [6.07, 6.45) is 5.45. The van der Waals surface area contributed by atoms with Gasteiger partial charge in [0.15, 0.2) is 11.4 Å². The van der Waals surface area contributed by atoms with Crippen LogP contribution >= 0.6 is 0 Å². The van der Waals surface area contributed by atoms with Crippen LogP contribution in [0, 0.1) is 5.92 Å². The molecule has 0 radical (unpaired) electrons. The Hall–Kier alpha value is -3.73. The molecule has 11 nitrogen and oxygen atoms in total. The van der Waals surface area contributed by atoms with Crippen LogP contribution in [0.25, 0.3) is 5.65 Å². The Labute approximate surface area is 254 Å². The van der Waals surface area contributed by atoms with Crippen molar-refractivity contribution in [2.75, 3.05) is 38.5 Å². The maximum atomic E-state index is 13.3. The van der Waals surface area contributed by atoms with E-state index in [-0.39, 0.29) is 29.8 Å². The Balaban J connectivity index is 1.27. The van der Waals surface area contributed by atoms with Gasteiger partial charge in [0.05, 0.1) is 6.20 Å². The Kier molecular flexibility index (Phi) is 9.19. The second-order valence-corrected chi connectivity index (χ2v) is 13.2. The summed E-state index contributed by atoms with van der Waals surface area (Å²) in [4.78, 5) is 39.2. The highest BCUT2D eigenvalue weighted by Crippen LogP contribution is 2.28. The van der Waals surface area contributed by atoms with Crippen LogP contribution in [0.2, 0.25) is 0 Å². The Morgan fingerprint density at radius 2 is 1.77 bits per heavy atom. The molecule has 2 fully saturated rings. The molecule has 2 aliphatic rings. The highest BCUT2D eigenvalue weighted by molar-refractivity contribution is 5.97. The zero-order valence-corrected chi connectivity index (χ0v) is 26.3. The number of amides is 1. The smallest absolute Gasteiger partial charge is 0.410 e. The Bertz CT molecular complexity index is 1430. The fourth-order valence-corrected chi connectivity index (χ4v) is 5.59. The van der Waals surface area contributed by atoms with E-state index in [9.17, 15) is 9.59 Å². The number of aromatic nitrogens is 4. The third-order valence-electron chi connectivity index (χ3n) is 8.12. The first-order chi connectivity index (χ1) is 20.4. The van der Waals surface area contributed by atoms with Crippen molar-refractivity contribution in [1.29, 1.82) is 0 Å². The van der Waals surface area contributed by atoms with Crippen LogP contribution in [0.3, 0.4) is 0 Å². The molecule has 2 aromatic heterocycles. The van der Waals surface area contributed by atoms with Gasteiger partial charge in [-0.2, -0.15) is 19.6 Å². The van der Waals surface area contributed by atoms with Crippen molar-refractivity contribution in [3.8, 4) is 6.01 Å². The number of hydrogen-bond acceptors (Lipinski definition) is 9. The first-order valence-corrected chi connectivity index (χ1v) is 15.4. The van der Waals surface area contributed by atoms with E-state index in [1.165, 1.54) is 0 Å². The Morgan fingerprint density at radius 3 is 2.44 bits per heavy atom. The van der Waals surface area contributed by atoms with E-state index in [0.717, 1.165) is 50.0 Å². The molecule has 2 saturated heterocycles. The standard InChI is InChI=1S/C32H45N7O4/c1-21(2)26-20-33-39-28(26)35-30(42-25-12-14-37(6)15-13-25)36-29(39)34-24-9-7-8-23(19-24)27(40)18-22-10-16-38(17-11-22)31(41)43-32(3,4)5/h7-9,19-22,25H,10-18H2,1-6H3,(H,34,35,36). The van der Waals surface area contributed by atoms with Gasteiger partial charge in [-0.3, -0.25) is 4.79 Å². The number of ketones is 1. The van der Waals surface area contributed by atoms with Gasteiger partial charge in [0.1, 0.15) is 11.7 Å². The lowest BCUT2D eigenvalue weighted by Crippen LogP contribution is -2.42. The maximum Gasteiger partial charge on any atom is 0.410 e. The van der Waals surface area contributed by atoms with E-state index in [4.69, 9.17) is 19.4 Å². The molecule has 11 heteroatoms. The molecule has 5 rings (SSSR count). The first-order valence-electron chi connectivity index (χ1n) is 15.4. The Morgan fingerprint density at radius 1 is 1.05 bits per heavy atom. The predicted octanol–water partition coefficient (Wildman–Crippen LogP) is 5.68. The van der Waals surface area contributed by atoms with Crippen molar-refractivity contribution in [2.24, 2.45) is 5.92 Å². The molecule has 0 atom stereocenters.